The first-order chi connectivity index (χ1) is 11.6. The van der Waals surface area contributed by atoms with Gasteiger partial charge in [-0.1, -0.05) is 12.1 Å². The van der Waals surface area contributed by atoms with Crippen molar-refractivity contribution in [3.8, 4) is 6.07 Å². The smallest absolute Gasteiger partial charge is 0.257 e. The van der Waals surface area contributed by atoms with Crippen molar-refractivity contribution in [1.82, 2.24) is 4.57 Å². The van der Waals surface area contributed by atoms with Gasteiger partial charge >= 0.3 is 0 Å². The zero-order valence-electron chi connectivity index (χ0n) is 13.5. The van der Waals surface area contributed by atoms with Gasteiger partial charge in [0.05, 0.1) is 23.7 Å². The van der Waals surface area contributed by atoms with Crippen molar-refractivity contribution in [3.63, 3.8) is 0 Å². The Morgan fingerprint density at radius 1 is 1.25 bits per heavy atom. The molecule has 0 fully saturated rings. The number of carbonyl (C=O) groups excluding carboxylic acids is 1. The van der Waals surface area contributed by atoms with Crippen LogP contribution in [-0.4, -0.2) is 10.5 Å². The molecule has 1 amide bonds. The van der Waals surface area contributed by atoms with Crippen molar-refractivity contribution < 1.29 is 4.79 Å². The van der Waals surface area contributed by atoms with Gasteiger partial charge in [-0.15, -0.1) is 11.3 Å². The molecule has 0 spiro atoms. The van der Waals surface area contributed by atoms with E-state index in [9.17, 15) is 4.79 Å². The molecule has 0 radical (unpaired) electrons. The maximum Gasteiger partial charge on any atom is 0.257 e. The van der Waals surface area contributed by atoms with E-state index in [-0.39, 0.29) is 5.91 Å². The predicted molar refractivity (Wildman–Crippen MR) is 96.4 cm³/mol. The van der Waals surface area contributed by atoms with E-state index < -0.39 is 0 Å². The lowest BCUT2D eigenvalue weighted by Crippen LogP contribution is -2.13. The molecule has 120 valence electrons. The van der Waals surface area contributed by atoms with E-state index in [1.54, 1.807) is 35.6 Å². The monoisotopic (exact) mass is 335 g/mol. The Morgan fingerprint density at radius 2 is 2.08 bits per heavy atom. The number of nitrogens with zero attached hydrogens (tertiary/aromatic N) is 2. The molecule has 0 aliphatic rings. The van der Waals surface area contributed by atoms with E-state index in [4.69, 9.17) is 5.26 Å². The second-order valence-electron chi connectivity index (χ2n) is 5.60. The second-order valence-corrected chi connectivity index (χ2v) is 6.63. The number of nitriles is 1. The highest BCUT2D eigenvalue weighted by Crippen LogP contribution is 2.20. The lowest BCUT2D eigenvalue weighted by Gasteiger charge is -2.09. The third kappa shape index (κ3) is 3.24. The predicted octanol–water partition coefficient (Wildman–Crippen LogP) is 4.34. The minimum absolute atomic E-state index is 0.157. The number of thiophene rings is 1. The molecule has 1 N–H and O–H groups in total. The van der Waals surface area contributed by atoms with E-state index in [2.05, 4.69) is 27.4 Å². The molecule has 0 aliphatic carbocycles. The van der Waals surface area contributed by atoms with Crippen LogP contribution in [0, 0.1) is 25.2 Å². The Kier molecular flexibility index (Phi) is 4.50. The Labute approximate surface area is 145 Å². The average molecular weight is 335 g/mol. The highest BCUT2D eigenvalue weighted by atomic mass is 32.1. The van der Waals surface area contributed by atoms with Crippen molar-refractivity contribution in [2.45, 2.75) is 20.4 Å². The van der Waals surface area contributed by atoms with Gasteiger partial charge in [-0.25, -0.2) is 0 Å². The molecule has 0 saturated heterocycles. The topological polar surface area (TPSA) is 57.8 Å². The number of amides is 1. The number of carbonyl (C=O) groups is 1. The standard InChI is InChI=1S/C19H17N3OS/c1-13-9-18(14(2)22(13)12-17-7-4-8-24-17)19(23)21-16-6-3-5-15(10-16)11-20/h3-10H,12H2,1-2H3,(H,21,23). The van der Waals surface area contributed by atoms with Crippen LogP contribution in [-0.2, 0) is 6.54 Å². The molecule has 0 atom stereocenters. The molecule has 5 heteroatoms. The van der Waals surface area contributed by atoms with Crippen LogP contribution < -0.4 is 5.32 Å². The SMILES string of the molecule is Cc1cc(C(=O)Nc2cccc(C#N)c2)c(C)n1Cc1cccs1. The number of aromatic nitrogens is 1. The van der Waals surface area contributed by atoms with E-state index in [0.717, 1.165) is 17.9 Å². The quantitative estimate of drug-likeness (QED) is 0.771. The number of nitrogens with one attached hydrogen (secondary N) is 1. The summed E-state index contributed by atoms with van der Waals surface area (Å²) in [5.41, 5.74) is 3.80. The molecular weight excluding hydrogens is 318 g/mol. The average Bonchev–Trinajstić information content (AvgIpc) is 3.18. The van der Waals surface area contributed by atoms with Gasteiger partial charge in [0.1, 0.15) is 0 Å². The minimum Gasteiger partial charge on any atom is -0.343 e. The van der Waals surface area contributed by atoms with Crippen LogP contribution in [0.3, 0.4) is 0 Å². The molecule has 3 aromatic rings. The highest BCUT2D eigenvalue weighted by Gasteiger charge is 2.16. The molecular formula is C19H17N3OS. The largest absolute Gasteiger partial charge is 0.343 e. The highest BCUT2D eigenvalue weighted by molar-refractivity contribution is 7.09. The van der Waals surface area contributed by atoms with Crippen molar-refractivity contribution in [2.24, 2.45) is 0 Å². The van der Waals surface area contributed by atoms with Gasteiger partial charge in [0.2, 0.25) is 0 Å². The minimum atomic E-state index is -0.157. The first-order valence-corrected chi connectivity index (χ1v) is 8.47. The van der Waals surface area contributed by atoms with E-state index in [1.807, 2.05) is 26.0 Å². The van der Waals surface area contributed by atoms with Crippen LogP contribution in [0.1, 0.15) is 32.2 Å². The van der Waals surface area contributed by atoms with Gasteiger partial charge in [-0.05, 0) is 49.6 Å². The van der Waals surface area contributed by atoms with Crippen LogP contribution in [0.4, 0.5) is 5.69 Å². The van der Waals surface area contributed by atoms with Gasteiger partial charge in [0.25, 0.3) is 5.91 Å². The molecule has 2 aromatic heterocycles. The zero-order chi connectivity index (χ0) is 17.1. The fourth-order valence-electron chi connectivity index (χ4n) is 2.70. The lowest BCUT2D eigenvalue weighted by molar-refractivity contribution is 0.102. The lowest BCUT2D eigenvalue weighted by atomic mass is 10.2. The summed E-state index contributed by atoms with van der Waals surface area (Å²) in [6, 6.07) is 15.0. The normalized spacial score (nSPS) is 10.4. The van der Waals surface area contributed by atoms with Crippen LogP contribution in [0.15, 0.2) is 47.8 Å². The van der Waals surface area contributed by atoms with Crippen LogP contribution in [0.2, 0.25) is 0 Å². The third-order valence-corrected chi connectivity index (χ3v) is 4.82. The number of anilines is 1. The summed E-state index contributed by atoms with van der Waals surface area (Å²) in [7, 11) is 0. The zero-order valence-corrected chi connectivity index (χ0v) is 14.4. The van der Waals surface area contributed by atoms with Gasteiger partial charge in [-0.3, -0.25) is 4.79 Å². The second kappa shape index (κ2) is 6.73. The van der Waals surface area contributed by atoms with Crippen LogP contribution in [0.5, 0.6) is 0 Å². The summed E-state index contributed by atoms with van der Waals surface area (Å²) in [5, 5.41) is 13.9. The van der Waals surface area contributed by atoms with Crippen molar-refractivity contribution >= 4 is 22.9 Å². The Balaban J connectivity index is 1.84. The number of benzene rings is 1. The molecule has 0 bridgehead atoms. The third-order valence-electron chi connectivity index (χ3n) is 3.96. The van der Waals surface area contributed by atoms with Gasteiger partial charge in [0.15, 0.2) is 0 Å². The molecule has 2 heterocycles. The summed E-state index contributed by atoms with van der Waals surface area (Å²) in [4.78, 5) is 13.9. The van der Waals surface area contributed by atoms with Crippen molar-refractivity contribution in [1.29, 1.82) is 5.26 Å². The van der Waals surface area contributed by atoms with Crippen molar-refractivity contribution in [3.05, 3.63) is 75.2 Å². The Hall–Kier alpha value is -2.84. The molecule has 24 heavy (non-hydrogen) atoms. The Bertz CT molecular complexity index is 917. The van der Waals surface area contributed by atoms with Crippen LogP contribution in [0.25, 0.3) is 0 Å². The molecule has 0 aliphatic heterocycles. The molecule has 0 saturated carbocycles. The van der Waals surface area contributed by atoms with E-state index in [1.165, 1.54) is 4.88 Å². The fraction of sp³-hybridized carbons (Fsp3) is 0.158. The maximum absolute atomic E-state index is 12.6. The van der Waals surface area contributed by atoms with Gasteiger partial charge in [-0.2, -0.15) is 5.26 Å². The maximum atomic E-state index is 12.6. The number of rotatable bonds is 4. The molecule has 4 nitrogen and oxygen atoms in total. The van der Waals surface area contributed by atoms with Crippen LogP contribution >= 0.6 is 11.3 Å². The summed E-state index contributed by atoms with van der Waals surface area (Å²) >= 11 is 1.71. The summed E-state index contributed by atoms with van der Waals surface area (Å²) in [6.07, 6.45) is 0. The first kappa shape index (κ1) is 16.0. The van der Waals surface area contributed by atoms with Crippen molar-refractivity contribution in [2.75, 3.05) is 5.32 Å². The van der Waals surface area contributed by atoms with E-state index >= 15 is 0 Å². The summed E-state index contributed by atoms with van der Waals surface area (Å²) in [5.74, 6) is -0.157. The first-order valence-electron chi connectivity index (χ1n) is 7.59. The number of hydrogen-bond acceptors (Lipinski definition) is 3. The molecule has 0 unspecified atom stereocenters. The summed E-state index contributed by atoms with van der Waals surface area (Å²) < 4.78 is 2.15. The fourth-order valence-corrected chi connectivity index (χ4v) is 3.39. The Morgan fingerprint density at radius 3 is 2.79 bits per heavy atom. The molecule has 3 rings (SSSR count). The molecule has 1 aromatic carbocycles. The number of hydrogen-bond donors (Lipinski definition) is 1. The van der Waals surface area contributed by atoms with E-state index in [0.29, 0.717) is 16.8 Å². The van der Waals surface area contributed by atoms with Gasteiger partial charge < -0.3 is 9.88 Å². The van der Waals surface area contributed by atoms with Gasteiger partial charge in [0, 0.05) is 22.0 Å². The number of aryl methyl sites for hydroxylation is 1. The summed E-state index contributed by atoms with van der Waals surface area (Å²) in [6.45, 7) is 4.74.